The van der Waals surface area contributed by atoms with E-state index in [-0.39, 0.29) is 15.7 Å². The smallest absolute Gasteiger partial charge is 0.263 e. The Bertz CT molecular complexity index is 709. The van der Waals surface area contributed by atoms with Gasteiger partial charge in [-0.2, -0.15) is 5.10 Å². The first-order chi connectivity index (χ1) is 8.90. The Morgan fingerprint density at radius 1 is 1.37 bits per heavy atom. The van der Waals surface area contributed by atoms with Crippen LogP contribution in [0.4, 0.5) is 5.82 Å². The maximum atomic E-state index is 12.1. The van der Waals surface area contributed by atoms with Gasteiger partial charge in [0.25, 0.3) is 10.0 Å². The molecule has 0 unspecified atom stereocenters. The molecule has 0 bridgehead atoms. The van der Waals surface area contributed by atoms with Gasteiger partial charge in [0.05, 0.1) is 16.7 Å². The molecule has 0 aliphatic carbocycles. The Morgan fingerprint density at radius 3 is 2.58 bits per heavy atom. The van der Waals surface area contributed by atoms with Gasteiger partial charge < -0.3 is 5.73 Å². The summed E-state index contributed by atoms with van der Waals surface area (Å²) in [6, 6.07) is 6.22. The molecule has 0 spiro atoms. The maximum absolute atomic E-state index is 12.1. The SMILES string of the molecule is NC(=S)c1cn[nH]c1NS(=O)(=O)c1ccc(Br)cc1. The Morgan fingerprint density at radius 2 is 2.00 bits per heavy atom. The van der Waals surface area contributed by atoms with Gasteiger partial charge in [0.2, 0.25) is 0 Å². The molecule has 0 fully saturated rings. The van der Waals surface area contributed by atoms with E-state index >= 15 is 0 Å². The Kier molecular flexibility index (Phi) is 3.88. The highest BCUT2D eigenvalue weighted by Gasteiger charge is 2.18. The third kappa shape index (κ3) is 3.11. The molecule has 9 heteroatoms. The molecule has 0 radical (unpaired) electrons. The predicted molar refractivity (Wildman–Crippen MR) is 79.4 cm³/mol. The lowest BCUT2D eigenvalue weighted by atomic mass is 10.3. The number of halogens is 1. The third-order valence-electron chi connectivity index (χ3n) is 2.27. The largest absolute Gasteiger partial charge is 0.389 e. The summed E-state index contributed by atoms with van der Waals surface area (Å²) in [7, 11) is -3.71. The zero-order valence-corrected chi connectivity index (χ0v) is 12.6. The van der Waals surface area contributed by atoms with Gasteiger partial charge in [-0.25, -0.2) is 8.42 Å². The van der Waals surface area contributed by atoms with Crippen molar-refractivity contribution in [2.24, 2.45) is 5.73 Å². The number of aromatic nitrogens is 2. The van der Waals surface area contributed by atoms with E-state index in [4.69, 9.17) is 18.0 Å². The summed E-state index contributed by atoms with van der Waals surface area (Å²) >= 11 is 8.04. The Balaban J connectivity index is 2.34. The van der Waals surface area contributed by atoms with E-state index in [0.717, 1.165) is 4.47 Å². The van der Waals surface area contributed by atoms with Gasteiger partial charge in [-0.05, 0) is 24.3 Å². The van der Waals surface area contributed by atoms with Gasteiger partial charge in [-0.1, -0.05) is 28.1 Å². The second-order valence-electron chi connectivity index (χ2n) is 3.58. The van der Waals surface area contributed by atoms with Crippen LogP contribution in [0.1, 0.15) is 5.56 Å². The Labute approximate surface area is 123 Å². The highest BCUT2D eigenvalue weighted by Crippen LogP contribution is 2.19. The first-order valence-corrected chi connectivity index (χ1v) is 7.70. The fraction of sp³-hybridized carbons (Fsp3) is 0. The molecule has 1 aromatic heterocycles. The topological polar surface area (TPSA) is 101 Å². The number of sulfonamides is 1. The van der Waals surface area contributed by atoms with Crippen LogP contribution in [0.15, 0.2) is 39.8 Å². The molecule has 1 aromatic carbocycles. The number of benzene rings is 1. The van der Waals surface area contributed by atoms with E-state index in [1.807, 2.05) is 0 Å². The number of thiocarbonyl (C=S) groups is 1. The summed E-state index contributed by atoms with van der Waals surface area (Å²) in [5, 5.41) is 6.22. The van der Waals surface area contributed by atoms with Crippen molar-refractivity contribution in [2.75, 3.05) is 4.72 Å². The van der Waals surface area contributed by atoms with Crippen molar-refractivity contribution in [1.29, 1.82) is 0 Å². The minimum atomic E-state index is -3.71. The average Bonchev–Trinajstić information content (AvgIpc) is 2.77. The summed E-state index contributed by atoms with van der Waals surface area (Å²) in [4.78, 5) is 0.182. The van der Waals surface area contributed by atoms with E-state index in [0.29, 0.717) is 5.56 Å². The second kappa shape index (κ2) is 5.27. The lowest BCUT2D eigenvalue weighted by Gasteiger charge is -2.07. The summed E-state index contributed by atoms with van der Waals surface area (Å²) in [6.45, 7) is 0. The number of hydrogen-bond donors (Lipinski definition) is 3. The molecular formula is C10H9BrN4O2S2. The molecule has 19 heavy (non-hydrogen) atoms. The van der Waals surface area contributed by atoms with Crippen LogP contribution >= 0.6 is 28.1 Å². The van der Waals surface area contributed by atoms with Gasteiger partial charge in [0, 0.05) is 4.47 Å². The molecule has 4 N–H and O–H groups in total. The average molecular weight is 361 g/mol. The number of rotatable bonds is 4. The number of nitrogens with one attached hydrogen (secondary N) is 2. The molecule has 0 aliphatic rings. The maximum Gasteiger partial charge on any atom is 0.263 e. The fourth-order valence-corrected chi connectivity index (χ4v) is 2.81. The van der Waals surface area contributed by atoms with E-state index in [9.17, 15) is 8.42 Å². The molecule has 0 aliphatic heterocycles. The minimum Gasteiger partial charge on any atom is -0.389 e. The van der Waals surface area contributed by atoms with Gasteiger partial charge in [-0.3, -0.25) is 9.82 Å². The summed E-state index contributed by atoms with van der Waals surface area (Å²) in [6.07, 6.45) is 1.36. The molecule has 0 saturated heterocycles. The summed E-state index contributed by atoms with van der Waals surface area (Å²) < 4.78 is 27.4. The van der Waals surface area contributed by atoms with E-state index in [2.05, 4.69) is 30.8 Å². The van der Waals surface area contributed by atoms with Crippen LogP contribution in [0.2, 0.25) is 0 Å². The predicted octanol–water partition coefficient (Wildman–Crippen LogP) is 1.61. The number of anilines is 1. The number of H-pyrrole nitrogens is 1. The molecule has 6 nitrogen and oxygen atoms in total. The molecule has 0 saturated carbocycles. The first-order valence-electron chi connectivity index (χ1n) is 5.02. The monoisotopic (exact) mass is 360 g/mol. The molecule has 2 rings (SSSR count). The van der Waals surface area contributed by atoms with Gasteiger partial charge >= 0.3 is 0 Å². The first kappa shape index (κ1) is 14.0. The van der Waals surface area contributed by atoms with Crippen LogP contribution in [0, 0.1) is 0 Å². The van der Waals surface area contributed by atoms with Crippen LogP contribution < -0.4 is 10.5 Å². The van der Waals surface area contributed by atoms with Crippen LogP contribution in [-0.2, 0) is 10.0 Å². The number of hydrogen-bond acceptors (Lipinski definition) is 4. The summed E-state index contributed by atoms with van der Waals surface area (Å²) in [5.74, 6) is 0.149. The molecule has 2 aromatic rings. The molecule has 100 valence electrons. The molecule has 0 amide bonds. The quantitative estimate of drug-likeness (QED) is 0.719. The van der Waals surface area contributed by atoms with Crippen LogP contribution in [0.25, 0.3) is 0 Å². The zero-order chi connectivity index (χ0) is 14.0. The number of aromatic amines is 1. The second-order valence-corrected chi connectivity index (χ2v) is 6.62. The van der Waals surface area contributed by atoms with Gasteiger partial charge in [0.15, 0.2) is 0 Å². The van der Waals surface area contributed by atoms with Crippen molar-refractivity contribution in [1.82, 2.24) is 10.2 Å². The standard InChI is InChI=1S/C10H9BrN4O2S2/c11-6-1-3-7(4-2-6)19(16,17)15-10-8(9(12)18)5-13-14-10/h1-5H,(H2,12,18)(H2,13,14,15). The summed E-state index contributed by atoms with van der Waals surface area (Å²) in [5.41, 5.74) is 5.81. The molecule has 1 heterocycles. The van der Waals surface area contributed by atoms with Crippen molar-refractivity contribution < 1.29 is 8.42 Å². The lowest BCUT2D eigenvalue weighted by molar-refractivity contribution is 0.601. The van der Waals surface area contributed by atoms with Crippen molar-refractivity contribution in [3.8, 4) is 0 Å². The Hall–Kier alpha value is -1.45. The molecular weight excluding hydrogens is 352 g/mol. The van der Waals surface area contributed by atoms with Crippen molar-refractivity contribution in [2.45, 2.75) is 4.90 Å². The molecule has 0 atom stereocenters. The van der Waals surface area contributed by atoms with Crippen molar-refractivity contribution in [3.05, 3.63) is 40.5 Å². The van der Waals surface area contributed by atoms with Gasteiger partial charge in [0.1, 0.15) is 10.8 Å². The van der Waals surface area contributed by atoms with E-state index in [1.165, 1.54) is 18.3 Å². The third-order valence-corrected chi connectivity index (χ3v) is 4.38. The minimum absolute atomic E-state index is 0.0576. The highest BCUT2D eigenvalue weighted by molar-refractivity contribution is 9.10. The van der Waals surface area contributed by atoms with E-state index in [1.54, 1.807) is 12.1 Å². The number of nitrogens with zero attached hydrogens (tertiary/aromatic N) is 1. The van der Waals surface area contributed by atoms with Crippen molar-refractivity contribution >= 4 is 49.0 Å². The van der Waals surface area contributed by atoms with E-state index < -0.39 is 10.0 Å². The zero-order valence-electron chi connectivity index (χ0n) is 9.42. The fourth-order valence-electron chi connectivity index (χ4n) is 1.36. The van der Waals surface area contributed by atoms with Crippen LogP contribution in [0.5, 0.6) is 0 Å². The van der Waals surface area contributed by atoms with Crippen LogP contribution in [0.3, 0.4) is 0 Å². The normalized spacial score (nSPS) is 11.2. The van der Waals surface area contributed by atoms with Crippen molar-refractivity contribution in [3.63, 3.8) is 0 Å². The van der Waals surface area contributed by atoms with Gasteiger partial charge in [-0.15, -0.1) is 0 Å². The lowest BCUT2D eigenvalue weighted by Crippen LogP contribution is -2.17. The number of nitrogens with two attached hydrogens (primary N) is 1. The van der Waals surface area contributed by atoms with Crippen LogP contribution in [-0.4, -0.2) is 23.6 Å². The highest BCUT2D eigenvalue weighted by atomic mass is 79.9.